The zero-order valence-electron chi connectivity index (χ0n) is 5.83. The first-order chi connectivity index (χ1) is 4.31. The predicted octanol–water partition coefficient (Wildman–Crippen LogP) is 1.66. The van der Waals surface area contributed by atoms with Crippen molar-refractivity contribution in [1.29, 1.82) is 0 Å². The molecule has 0 fully saturated rings. The Morgan fingerprint density at radius 2 is 2.11 bits per heavy atom. The summed E-state index contributed by atoms with van der Waals surface area (Å²) in [5.74, 6) is 0. The average Bonchev–Trinajstić information content (AvgIpc) is 1.85. The highest BCUT2D eigenvalue weighted by atomic mass is 14.7. The number of hydrogen-bond donors (Lipinski definition) is 0. The third-order valence-corrected chi connectivity index (χ3v) is 0.738. The lowest BCUT2D eigenvalue weighted by Gasteiger charge is -1.84. The minimum absolute atomic E-state index is 0.538. The van der Waals surface area contributed by atoms with Crippen molar-refractivity contribution < 1.29 is 0 Å². The second-order valence-corrected chi connectivity index (χ2v) is 1.50. The smallest absolute Gasteiger partial charge is 0.141 e. The van der Waals surface area contributed by atoms with Gasteiger partial charge in [-0.15, -0.1) is 0 Å². The number of allylic oxidation sites excluding steroid dienone is 3. The summed E-state index contributed by atoms with van der Waals surface area (Å²) in [4.78, 5) is 3.82. The Labute approximate surface area is 57.6 Å². The van der Waals surface area contributed by atoms with Crippen LogP contribution in [0.5, 0.6) is 0 Å². The molecule has 2 heteroatoms. The molecule has 2 radical (unpaired) electrons. The Balaban J connectivity index is 3.84. The van der Waals surface area contributed by atoms with Crippen molar-refractivity contribution in [3.8, 4) is 0 Å². The van der Waals surface area contributed by atoms with Crippen molar-refractivity contribution >= 4 is 14.1 Å². The fourth-order valence-electron chi connectivity index (χ4n) is 0.387. The number of nitrogens with zero attached hydrogens (tertiary/aromatic N) is 1. The van der Waals surface area contributed by atoms with Gasteiger partial charge in [-0.05, 0) is 19.4 Å². The van der Waals surface area contributed by atoms with E-state index in [-0.39, 0.29) is 0 Å². The van der Waals surface area contributed by atoms with Gasteiger partial charge in [0.2, 0.25) is 0 Å². The van der Waals surface area contributed by atoms with Gasteiger partial charge in [-0.25, -0.2) is 0 Å². The first-order valence-electron chi connectivity index (χ1n) is 2.88. The van der Waals surface area contributed by atoms with E-state index in [1.54, 1.807) is 12.3 Å². The fourth-order valence-corrected chi connectivity index (χ4v) is 0.387. The van der Waals surface area contributed by atoms with Crippen LogP contribution in [0.1, 0.15) is 13.8 Å². The van der Waals surface area contributed by atoms with Crippen molar-refractivity contribution in [1.82, 2.24) is 0 Å². The maximum Gasteiger partial charge on any atom is 0.141 e. The average molecular weight is 119 g/mol. The summed E-state index contributed by atoms with van der Waals surface area (Å²) in [6.45, 7) is 3.76. The Hall–Kier alpha value is -0.785. The monoisotopic (exact) mass is 119 g/mol. The molecule has 0 atom stereocenters. The quantitative estimate of drug-likeness (QED) is 0.297. The molecule has 0 N–H and O–H groups in total. The normalized spacial score (nSPS) is 13.8. The second-order valence-electron chi connectivity index (χ2n) is 1.50. The molecule has 0 amide bonds. The number of hydrogen-bond acceptors (Lipinski definition) is 1. The van der Waals surface area contributed by atoms with Gasteiger partial charge in [0.1, 0.15) is 7.85 Å². The van der Waals surface area contributed by atoms with E-state index in [0.717, 1.165) is 0 Å². The van der Waals surface area contributed by atoms with E-state index >= 15 is 0 Å². The molecule has 0 aliphatic rings. The minimum Gasteiger partial charge on any atom is -0.278 e. The fraction of sp³-hybridized carbons (Fsp3) is 0.286. The number of aliphatic imine (C=N–C) groups is 1. The summed E-state index contributed by atoms with van der Waals surface area (Å²) in [5, 5.41) is 0. The van der Waals surface area contributed by atoms with Crippen LogP contribution in [0.2, 0.25) is 0 Å². The lowest BCUT2D eigenvalue weighted by molar-refractivity contribution is 1.51. The summed E-state index contributed by atoms with van der Waals surface area (Å²) < 4.78 is 0. The van der Waals surface area contributed by atoms with Crippen LogP contribution in [0.15, 0.2) is 28.8 Å². The topological polar surface area (TPSA) is 12.4 Å². The van der Waals surface area contributed by atoms with Crippen molar-refractivity contribution in [3.05, 3.63) is 23.8 Å². The predicted molar refractivity (Wildman–Crippen MR) is 42.8 cm³/mol. The minimum atomic E-state index is 0.538. The van der Waals surface area contributed by atoms with Gasteiger partial charge < -0.3 is 0 Å². The second kappa shape index (κ2) is 5.35. The van der Waals surface area contributed by atoms with Gasteiger partial charge in [0.05, 0.1) is 0 Å². The van der Waals surface area contributed by atoms with Gasteiger partial charge in [0.15, 0.2) is 0 Å². The van der Waals surface area contributed by atoms with Gasteiger partial charge in [-0.3, -0.25) is 4.99 Å². The van der Waals surface area contributed by atoms with Gasteiger partial charge in [0, 0.05) is 6.21 Å². The zero-order chi connectivity index (χ0) is 7.11. The maximum absolute atomic E-state index is 5.38. The first kappa shape index (κ1) is 8.21. The molecule has 0 aromatic carbocycles. The highest BCUT2D eigenvalue weighted by Crippen LogP contribution is 1.87. The number of rotatable bonds is 2. The van der Waals surface area contributed by atoms with Gasteiger partial charge in [-0.1, -0.05) is 18.2 Å². The molecule has 0 aromatic rings. The molecule has 0 aliphatic carbocycles. The third-order valence-electron chi connectivity index (χ3n) is 0.738. The molecule has 0 heterocycles. The first-order valence-corrected chi connectivity index (χ1v) is 2.88. The highest BCUT2D eigenvalue weighted by molar-refractivity contribution is 6.21. The molecule has 9 heavy (non-hydrogen) atoms. The molecule has 46 valence electrons. The van der Waals surface area contributed by atoms with Crippen LogP contribution in [0.3, 0.4) is 0 Å². The van der Waals surface area contributed by atoms with Crippen LogP contribution in [0.25, 0.3) is 0 Å². The van der Waals surface area contributed by atoms with Crippen molar-refractivity contribution in [2.45, 2.75) is 13.8 Å². The van der Waals surface area contributed by atoms with Crippen LogP contribution in [0.4, 0.5) is 0 Å². The molecule has 0 aromatic heterocycles. The van der Waals surface area contributed by atoms with Crippen LogP contribution in [-0.2, 0) is 0 Å². The van der Waals surface area contributed by atoms with Crippen LogP contribution in [0, 0.1) is 0 Å². The largest absolute Gasteiger partial charge is 0.278 e. The molecule has 0 spiro atoms. The van der Waals surface area contributed by atoms with Gasteiger partial charge in [-0.2, -0.15) is 0 Å². The van der Waals surface area contributed by atoms with Crippen LogP contribution < -0.4 is 0 Å². The molecular weight excluding hydrogens is 109 g/mol. The van der Waals surface area contributed by atoms with Crippen molar-refractivity contribution in [2.75, 3.05) is 0 Å². The Morgan fingerprint density at radius 3 is 2.56 bits per heavy atom. The maximum atomic E-state index is 5.38. The van der Waals surface area contributed by atoms with Crippen LogP contribution >= 0.6 is 0 Å². The molecule has 0 unspecified atom stereocenters. The lowest BCUT2D eigenvalue weighted by Crippen LogP contribution is -1.73. The molecule has 0 bridgehead atoms. The third kappa shape index (κ3) is 5.08. The summed E-state index contributed by atoms with van der Waals surface area (Å²) in [7, 11) is 5.38. The van der Waals surface area contributed by atoms with Gasteiger partial charge in [0.25, 0.3) is 0 Å². The Morgan fingerprint density at radius 1 is 1.44 bits per heavy atom. The van der Waals surface area contributed by atoms with E-state index in [2.05, 4.69) is 4.99 Å². The van der Waals surface area contributed by atoms with Gasteiger partial charge >= 0.3 is 0 Å². The summed E-state index contributed by atoms with van der Waals surface area (Å²) in [5.41, 5.74) is 0.538. The molecule has 0 aliphatic heterocycles. The zero-order valence-corrected chi connectivity index (χ0v) is 5.83. The molecule has 0 saturated carbocycles. The van der Waals surface area contributed by atoms with Crippen LogP contribution in [-0.4, -0.2) is 14.1 Å². The summed E-state index contributed by atoms with van der Waals surface area (Å²) in [6, 6.07) is 0. The van der Waals surface area contributed by atoms with E-state index in [4.69, 9.17) is 7.85 Å². The highest BCUT2D eigenvalue weighted by Gasteiger charge is 1.73. The standard InChI is InChI=1S/C7H10BN/c1-3-5-6-7(8)9-4-2/h3-6H,1-2H3/b5-3-,7-6-,9-4?. The van der Waals surface area contributed by atoms with Crippen molar-refractivity contribution in [2.24, 2.45) is 4.99 Å². The van der Waals surface area contributed by atoms with E-state index in [1.165, 1.54) is 0 Å². The summed E-state index contributed by atoms with van der Waals surface area (Å²) in [6.07, 6.45) is 7.16. The summed E-state index contributed by atoms with van der Waals surface area (Å²) >= 11 is 0. The SMILES string of the molecule is [B]/C(=C/C=C\C)N=CC. The van der Waals surface area contributed by atoms with E-state index in [9.17, 15) is 0 Å². The molecular formula is C7H10BN. The molecule has 1 nitrogen and oxygen atoms in total. The van der Waals surface area contributed by atoms with E-state index in [1.807, 2.05) is 26.0 Å². The van der Waals surface area contributed by atoms with E-state index < -0.39 is 0 Å². The Bertz CT molecular complexity index is 145. The molecule has 0 rings (SSSR count). The van der Waals surface area contributed by atoms with E-state index in [0.29, 0.717) is 5.60 Å². The molecule has 0 saturated heterocycles. The Kier molecular flexibility index (Phi) is 4.89. The lowest BCUT2D eigenvalue weighted by atomic mass is 10.1. The van der Waals surface area contributed by atoms with Crippen molar-refractivity contribution in [3.63, 3.8) is 0 Å².